The fourth-order valence-electron chi connectivity index (χ4n) is 5.18. The molecular formula is C27H23N5O4. The molecule has 1 atom stereocenters. The second kappa shape index (κ2) is 8.23. The number of amides is 1. The summed E-state index contributed by atoms with van der Waals surface area (Å²) in [6, 6.07) is 17.9. The van der Waals surface area contributed by atoms with Gasteiger partial charge in [0.05, 0.1) is 18.3 Å². The van der Waals surface area contributed by atoms with Crippen molar-refractivity contribution in [3.63, 3.8) is 0 Å². The van der Waals surface area contributed by atoms with Crippen LogP contribution in [0, 0.1) is 0 Å². The van der Waals surface area contributed by atoms with Gasteiger partial charge in [-0.15, -0.1) is 0 Å². The van der Waals surface area contributed by atoms with Crippen molar-refractivity contribution in [2.75, 3.05) is 13.3 Å². The fourth-order valence-corrected chi connectivity index (χ4v) is 5.18. The first-order valence-electron chi connectivity index (χ1n) is 11.9. The minimum atomic E-state index is -0.486. The van der Waals surface area contributed by atoms with Gasteiger partial charge in [-0.3, -0.25) is 4.68 Å². The fraction of sp³-hybridized carbons (Fsp3) is 0.185. The van der Waals surface area contributed by atoms with E-state index in [1.165, 1.54) is 10.9 Å². The minimum Gasteiger partial charge on any atom is -0.454 e. The summed E-state index contributed by atoms with van der Waals surface area (Å²) in [6.07, 6.45) is 5.70. The van der Waals surface area contributed by atoms with E-state index in [1.807, 2.05) is 48.8 Å². The number of carbonyl (C=O) groups excluding carboxylic acids is 1. The van der Waals surface area contributed by atoms with E-state index in [0.29, 0.717) is 25.3 Å². The van der Waals surface area contributed by atoms with Crippen LogP contribution in [0.4, 0.5) is 4.79 Å². The highest BCUT2D eigenvalue weighted by Crippen LogP contribution is 2.44. The van der Waals surface area contributed by atoms with Crippen LogP contribution in [0.3, 0.4) is 0 Å². The van der Waals surface area contributed by atoms with E-state index in [4.69, 9.17) is 14.2 Å². The minimum absolute atomic E-state index is 0.133. The number of rotatable bonds is 5. The number of fused-ring (bicyclic) bond motifs is 5. The van der Waals surface area contributed by atoms with Crippen molar-refractivity contribution >= 4 is 17.0 Å². The topological polar surface area (TPSA) is 95.3 Å². The number of para-hydroxylation sites is 1. The molecule has 1 amide bonds. The number of aromatic amines is 1. The van der Waals surface area contributed by atoms with E-state index in [9.17, 15) is 4.79 Å². The molecule has 5 heterocycles. The van der Waals surface area contributed by atoms with Crippen LogP contribution < -0.4 is 19.5 Å². The predicted octanol–water partition coefficient (Wildman–Crippen LogP) is 4.23. The molecule has 9 heteroatoms. The van der Waals surface area contributed by atoms with Gasteiger partial charge in [0.15, 0.2) is 17.2 Å². The van der Waals surface area contributed by atoms with Crippen LogP contribution >= 0.6 is 0 Å². The third-order valence-electron chi connectivity index (χ3n) is 6.81. The first-order chi connectivity index (χ1) is 17.7. The largest absolute Gasteiger partial charge is 0.454 e. The average Bonchev–Trinajstić information content (AvgIpc) is 3.69. The Kier molecular flexibility index (Phi) is 4.73. The van der Waals surface area contributed by atoms with Crippen molar-refractivity contribution < 1.29 is 19.0 Å². The molecule has 0 bridgehead atoms. The summed E-state index contributed by atoms with van der Waals surface area (Å²) < 4.78 is 20.9. The maximum absolute atomic E-state index is 12.6. The van der Waals surface area contributed by atoms with Crippen LogP contribution in [0.2, 0.25) is 0 Å². The van der Waals surface area contributed by atoms with E-state index >= 15 is 0 Å². The SMILES string of the molecule is O=C(NCCn1cccn1)Oc1ccn2c1Cc1c([nH]c3ccccc13)C2c1ccc2c(c1)OCO2. The Hall–Kier alpha value is -4.66. The van der Waals surface area contributed by atoms with E-state index in [1.54, 1.807) is 10.9 Å². The molecule has 2 aliphatic rings. The van der Waals surface area contributed by atoms with Gasteiger partial charge in [0.25, 0.3) is 0 Å². The lowest BCUT2D eigenvalue weighted by molar-refractivity contribution is 0.174. The molecular weight excluding hydrogens is 458 g/mol. The molecule has 180 valence electrons. The Balaban J connectivity index is 1.23. The zero-order chi connectivity index (χ0) is 24.1. The van der Waals surface area contributed by atoms with E-state index in [0.717, 1.165) is 34.0 Å². The molecule has 7 rings (SSSR count). The van der Waals surface area contributed by atoms with Crippen molar-refractivity contribution in [3.05, 3.63) is 95.7 Å². The number of H-pyrrole nitrogens is 1. The van der Waals surface area contributed by atoms with Gasteiger partial charge in [-0.05, 0) is 41.5 Å². The van der Waals surface area contributed by atoms with Gasteiger partial charge < -0.3 is 29.1 Å². The van der Waals surface area contributed by atoms with Gasteiger partial charge in [0.1, 0.15) is 0 Å². The second-order valence-electron chi connectivity index (χ2n) is 8.87. The van der Waals surface area contributed by atoms with Crippen molar-refractivity contribution in [1.29, 1.82) is 0 Å². The molecule has 0 saturated carbocycles. The van der Waals surface area contributed by atoms with Gasteiger partial charge in [-0.2, -0.15) is 5.10 Å². The number of nitrogens with one attached hydrogen (secondary N) is 2. The monoisotopic (exact) mass is 481 g/mol. The van der Waals surface area contributed by atoms with Crippen LogP contribution in [-0.4, -0.2) is 38.8 Å². The molecule has 5 aromatic rings. The maximum Gasteiger partial charge on any atom is 0.412 e. The van der Waals surface area contributed by atoms with Crippen molar-refractivity contribution in [3.8, 4) is 17.2 Å². The summed E-state index contributed by atoms with van der Waals surface area (Å²) >= 11 is 0. The van der Waals surface area contributed by atoms with Crippen LogP contribution in [0.5, 0.6) is 17.2 Å². The average molecular weight is 482 g/mol. The molecule has 0 spiro atoms. The van der Waals surface area contributed by atoms with Gasteiger partial charge in [-0.1, -0.05) is 24.3 Å². The van der Waals surface area contributed by atoms with E-state index < -0.39 is 6.09 Å². The Labute approximate surface area is 206 Å². The quantitative estimate of drug-likeness (QED) is 0.384. The Bertz CT molecular complexity index is 1580. The van der Waals surface area contributed by atoms with Gasteiger partial charge in [0, 0.05) is 48.2 Å². The van der Waals surface area contributed by atoms with Crippen LogP contribution in [-0.2, 0) is 13.0 Å². The Morgan fingerprint density at radius 3 is 2.94 bits per heavy atom. The Morgan fingerprint density at radius 1 is 1.11 bits per heavy atom. The summed E-state index contributed by atoms with van der Waals surface area (Å²) in [7, 11) is 0. The van der Waals surface area contributed by atoms with Gasteiger partial charge in [-0.25, -0.2) is 4.79 Å². The number of ether oxygens (including phenoxy) is 3. The summed E-state index contributed by atoms with van der Waals surface area (Å²) in [5.41, 5.74) is 5.39. The zero-order valence-electron chi connectivity index (χ0n) is 19.3. The summed E-state index contributed by atoms with van der Waals surface area (Å²) in [6.45, 7) is 1.22. The molecule has 2 N–H and O–H groups in total. The third-order valence-corrected chi connectivity index (χ3v) is 6.81. The molecule has 0 saturated heterocycles. The molecule has 2 aromatic carbocycles. The van der Waals surface area contributed by atoms with Crippen LogP contribution in [0.25, 0.3) is 10.9 Å². The molecule has 3 aromatic heterocycles. The predicted molar refractivity (Wildman–Crippen MR) is 132 cm³/mol. The number of carbonyl (C=O) groups is 1. The lowest BCUT2D eigenvalue weighted by atomic mass is 9.92. The molecule has 2 aliphatic heterocycles. The van der Waals surface area contributed by atoms with Crippen molar-refractivity contribution in [1.82, 2.24) is 24.6 Å². The summed E-state index contributed by atoms with van der Waals surface area (Å²) in [5, 5.41) is 8.13. The lowest BCUT2D eigenvalue weighted by Crippen LogP contribution is -2.30. The Morgan fingerprint density at radius 2 is 2.03 bits per heavy atom. The van der Waals surface area contributed by atoms with Crippen molar-refractivity contribution in [2.45, 2.75) is 19.0 Å². The van der Waals surface area contributed by atoms with Crippen LogP contribution in [0.15, 0.2) is 73.2 Å². The first-order valence-corrected chi connectivity index (χ1v) is 11.9. The van der Waals surface area contributed by atoms with Gasteiger partial charge in [0.2, 0.25) is 6.79 Å². The molecule has 9 nitrogen and oxygen atoms in total. The zero-order valence-corrected chi connectivity index (χ0v) is 19.3. The highest BCUT2D eigenvalue weighted by molar-refractivity contribution is 5.86. The summed E-state index contributed by atoms with van der Waals surface area (Å²) in [5.74, 6) is 2.03. The summed E-state index contributed by atoms with van der Waals surface area (Å²) in [4.78, 5) is 16.2. The molecule has 1 unspecified atom stereocenters. The van der Waals surface area contributed by atoms with Crippen LogP contribution in [0.1, 0.15) is 28.6 Å². The standard InChI is InChI=1S/C27H23N5O4/c33-27(28-10-13-31-11-3-9-29-31)36-22-8-12-32-21(22)15-19-18-4-1-2-5-20(18)30-25(19)26(32)17-6-7-23-24(14-17)35-16-34-23/h1-9,11-12,14,26,30H,10,13,15-16H2,(H,28,33). The van der Waals surface area contributed by atoms with E-state index in [-0.39, 0.29) is 12.8 Å². The molecule has 36 heavy (non-hydrogen) atoms. The number of hydrogen-bond donors (Lipinski definition) is 2. The number of benzene rings is 2. The number of aromatic nitrogens is 4. The molecule has 0 fully saturated rings. The van der Waals surface area contributed by atoms with Gasteiger partial charge >= 0.3 is 6.09 Å². The number of nitrogens with zero attached hydrogens (tertiary/aromatic N) is 3. The smallest absolute Gasteiger partial charge is 0.412 e. The normalized spacial score (nSPS) is 15.5. The molecule has 0 radical (unpaired) electrons. The first kappa shape index (κ1) is 20.7. The highest BCUT2D eigenvalue weighted by Gasteiger charge is 2.33. The van der Waals surface area contributed by atoms with Crippen molar-refractivity contribution in [2.24, 2.45) is 0 Å². The molecule has 0 aliphatic carbocycles. The van der Waals surface area contributed by atoms with E-state index in [2.05, 4.69) is 38.2 Å². The lowest BCUT2D eigenvalue weighted by Gasteiger charge is -2.28. The highest BCUT2D eigenvalue weighted by atomic mass is 16.7. The third kappa shape index (κ3) is 3.39. The second-order valence-corrected chi connectivity index (χ2v) is 8.87. The number of hydrogen-bond acceptors (Lipinski definition) is 5. The maximum atomic E-state index is 12.6.